The Morgan fingerprint density at radius 1 is 1.26 bits per heavy atom. The lowest BCUT2D eigenvalue weighted by atomic mass is 9.88. The van der Waals surface area contributed by atoms with Gasteiger partial charge in [-0.3, -0.25) is 14.7 Å². The predicted octanol–water partition coefficient (Wildman–Crippen LogP) is 1.54. The van der Waals surface area contributed by atoms with Gasteiger partial charge in [0.05, 0.1) is 12.1 Å². The van der Waals surface area contributed by atoms with Crippen molar-refractivity contribution in [3.05, 3.63) is 30.1 Å². The maximum Gasteiger partial charge on any atom is 0.225 e. The number of carbonyl (C=O) groups excluding carboxylic acids is 1. The van der Waals surface area contributed by atoms with Crippen molar-refractivity contribution in [2.45, 2.75) is 38.0 Å². The molecule has 0 aromatic carbocycles. The average Bonchev–Trinajstić information content (AvgIpc) is 3.34. The number of nitrogens with zero attached hydrogens (tertiary/aromatic N) is 3. The Labute approximate surface area is 137 Å². The summed E-state index contributed by atoms with van der Waals surface area (Å²) in [5.41, 5.74) is 1.28. The van der Waals surface area contributed by atoms with Crippen LogP contribution in [0.3, 0.4) is 0 Å². The van der Waals surface area contributed by atoms with Gasteiger partial charge in [0.15, 0.2) is 0 Å². The first-order valence-electron chi connectivity index (χ1n) is 8.71. The minimum absolute atomic E-state index is 0.283. The lowest BCUT2D eigenvalue weighted by Gasteiger charge is -2.41. The molecule has 23 heavy (non-hydrogen) atoms. The van der Waals surface area contributed by atoms with Crippen molar-refractivity contribution in [2.75, 3.05) is 26.7 Å². The van der Waals surface area contributed by atoms with Crippen LogP contribution in [-0.2, 0) is 16.1 Å². The molecule has 0 spiro atoms. The number of rotatable bonds is 4. The molecule has 2 aliphatic heterocycles. The Kier molecular flexibility index (Phi) is 4.07. The Morgan fingerprint density at radius 3 is 2.74 bits per heavy atom. The summed E-state index contributed by atoms with van der Waals surface area (Å²) in [5, 5.41) is 0. The topological polar surface area (TPSA) is 45.7 Å². The molecule has 3 fully saturated rings. The summed E-state index contributed by atoms with van der Waals surface area (Å²) in [5.74, 6) is 1.14. The van der Waals surface area contributed by atoms with E-state index in [0.29, 0.717) is 23.8 Å². The third kappa shape index (κ3) is 3.00. The van der Waals surface area contributed by atoms with Gasteiger partial charge in [0.25, 0.3) is 0 Å². The normalized spacial score (nSPS) is 31.2. The van der Waals surface area contributed by atoms with E-state index in [1.165, 1.54) is 5.56 Å². The molecule has 0 bridgehead atoms. The van der Waals surface area contributed by atoms with Crippen LogP contribution in [-0.4, -0.2) is 59.6 Å². The van der Waals surface area contributed by atoms with E-state index in [1.54, 1.807) is 0 Å². The summed E-state index contributed by atoms with van der Waals surface area (Å²) < 4.78 is 5.73. The lowest BCUT2D eigenvalue weighted by Crippen LogP contribution is -2.54. The van der Waals surface area contributed by atoms with Gasteiger partial charge in [-0.25, -0.2) is 0 Å². The molecule has 1 amide bonds. The molecule has 0 unspecified atom stereocenters. The van der Waals surface area contributed by atoms with Crippen molar-refractivity contribution in [3.8, 4) is 0 Å². The van der Waals surface area contributed by atoms with E-state index in [1.807, 2.05) is 19.5 Å². The molecule has 1 aliphatic carbocycles. The van der Waals surface area contributed by atoms with E-state index in [9.17, 15) is 4.79 Å². The van der Waals surface area contributed by atoms with Crippen molar-refractivity contribution in [1.82, 2.24) is 14.8 Å². The number of methoxy groups -OCH3 is 1. The maximum atomic E-state index is 12.6. The Bertz CT molecular complexity index is 561. The van der Waals surface area contributed by atoms with Gasteiger partial charge in [0.2, 0.25) is 5.91 Å². The number of likely N-dealkylation sites (tertiary alicyclic amines) is 2. The number of hydrogen-bond acceptors (Lipinski definition) is 4. The van der Waals surface area contributed by atoms with Crippen LogP contribution >= 0.6 is 0 Å². The monoisotopic (exact) mass is 315 g/mol. The molecule has 0 N–H and O–H groups in total. The van der Waals surface area contributed by atoms with E-state index in [2.05, 4.69) is 26.9 Å². The zero-order valence-corrected chi connectivity index (χ0v) is 13.7. The third-order valence-corrected chi connectivity index (χ3v) is 5.61. The van der Waals surface area contributed by atoms with Gasteiger partial charge in [0.1, 0.15) is 0 Å². The smallest absolute Gasteiger partial charge is 0.225 e. The van der Waals surface area contributed by atoms with Crippen LogP contribution < -0.4 is 0 Å². The van der Waals surface area contributed by atoms with Gasteiger partial charge in [-0.15, -0.1) is 0 Å². The Hall–Kier alpha value is -1.46. The first-order valence-corrected chi connectivity index (χ1v) is 8.71. The summed E-state index contributed by atoms with van der Waals surface area (Å²) in [7, 11) is 1.81. The van der Waals surface area contributed by atoms with Crippen LogP contribution in [0.4, 0.5) is 0 Å². The number of pyridine rings is 1. The van der Waals surface area contributed by atoms with Crippen LogP contribution in [0.2, 0.25) is 0 Å². The van der Waals surface area contributed by atoms with Gasteiger partial charge < -0.3 is 9.64 Å². The minimum atomic E-state index is 0.283. The SMILES string of the molecule is CO[C@@H]1CCN(C(=O)C2CC2)[C@@H]2CN(Cc3ccncc3)C[C@@H]21. The fourth-order valence-corrected chi connectivity index (χ4v) is 4.24. The molecule has 3 atom stereocenters. The van der Waals surface area contributed by atoms with E-state index < -0.39 is 0 Å². The molecular formula is C18H25N3O2. The fraction of sp³-hybridized carbons (Fsp3) is 0.667. The largest absolute Gasteiger partial charge is 0.381 e. The van der Waals surface area contributed by atoms with Crippen molar-refractivity contribution in [2.24, 2.45) is 11.8 Å². The fourth-order valence-electron chi connectivity index (χ4n) is 4.24. The van der Waals surface area contributed by atoms with Gasteiger partial charge in [-0.1, -0.05) is 0 Å². The number of aromatic nitrogens is 1. The molecule has 2 saturated heterocycles. The average molecular weight is 315 g/mol. The van der Waals surface area contributed by atoms with Gasteiger partial charge in [-0.2, -0.15) is 0 Å². The number of amides is 1. The summed E-state index contributed by atoms with van der Waals surface area (Å²) in [6, 6.07) is 4.47. The van der Waals surface area contributed by atoms with Crippen LogP contribution in [0.5, 0.6) is 0 Å². The molecule has 1 saturated carbocycles. The van der Waals surface area contributed by atoms with Crippen molar-refractivity contribution in [1.29, 1.82) is 0 Å². The van der Waals surface area contributed by atoms with Crippen molar-refractivity contribution >= 4 is 5.91 Å². The van der Waals surface area contributed by atoms with E-state index in [0.717, 1.165) is 45.4 Å². The second kappa shape index (κ2) is 6.21. The van der Waals surface area contributed by atoms with E-state index in [4.69, 9.17) is 4.74 Å². The van der Waals surface area contributed by atoms with E-state index >= 15 is 0 Å². The molecule has 5 heteroatoms. The van der Waals surface area contributed by atoms with Gasteiger partial charge in [0, 0.05) is 57.5 Å². The first-order chi connectivity index (χ1) is 11.3. The van der Waals surface area contributed by atoms with Crippen molar-refractivity contribution in [3.63, 3.8) is 0 Å². The van der Waals surface area contributed by atoms with Crippen LogP contribution in [0, 0.1) is 11.8 Å². The molecule has 1 aromatic heterocycles. The molecule has 4 rings (SSSR count). The molecule has 3 aliphatic rings. The highest BCUT2D eigenvalue weighted by Gasteiger charge is 2.48. The zero-order chi connectivity index (χ0) is 15.8. The molecule has 1 aromatic rings. The zero-order valence-electron chi connectivity index (χ0n) is 13.7. The summed E-state index contributed by atoms with van der Waals surface area (Å²) in [4.78, 5) is 21.3. The molecule has 124 valence electrons. The maximum absolute atomic E-state index is 12.6. The Balaban J connectivity index is 1.48. The third-order valence-electron chi connectivity index (χ3n) is 5.61. The highest BCUT2D eigenvalue weighted by molar-refractivity contribution is 5.81. The number of hydrogen-bond donors (Lipinski definition) is 0. The number of ether oxygens (including phenoxy) is 1. The summed E-state index contributed by atoms with van der Waals surface area (Å²) in [6.45, 7) is 3.76. The van der Waals surface area contributed by atoms with Crippen LogP contribution in [0.25, 0.3) is 0 Å². The molecular weight excluding hydrogens is 290 g/mol. The number of piperidine rings is 1. The van der Waals surface area contributed by atoms with Gasteiger partial charge in [-0.05, 0) is 37.0 Å². The van der Waals surface area contributed by atoms with Gasteiger partial charge >= 0.3 is 0 Å². The van der Waals surface area contributed by atoms with E-state index in [-0.39, 0.29) is 6.10 Å². The van der Waals surface area contributed by atoms with Crippen molar-refractivity contribution < 1.29 is 9.53 Å². The highest BCUT2D eigenvalue weighted by Crippen LogP contribution is 2.38. The van der Waals surface area contributed by atoms with Crippen LogP contribution in [0.15, 0.2) is 24.5 Å². The first kappa shape index (κ1) is 15.1. The highest BCUT2D eigenvalue weighted by atomic mass is 16.5. The molecule has 3 heterocycles. The Morgan fingerprint density at radius 2 is 2.04 bits per heavy atom. The predicted molar refractivity (Wildman–Crippen MR) is 86.6 cm³/mol. The van der Waals surface area contributed by atoms with Crippen LogP contribution in [0.1, 0.15) is 24.8 Å². The number of fused-ring (bicyclic) bond motifs is 1. The summed E-state index contributed by atoms with van der Waals surface area (Å²) >= 11 is 0. The number of carbonyl (C=O) groups is 1. The lowest BCUT2D eigenvalue weighted by molar-refractivity contribution is -0.140. The quantitative estimate of drug-likeness (QED) is 0.845. The molecule has 0 radical (unpaired) electrons. The second-order valence-corrected chi connectivity index (χ2v) is 7.15. The second-order valence-electron chi connectivity index (χ2n) is 7.15. The minimum Gasteiger partial charge on any atom is -0.381 e. The molecule has 5 nitrogen and oxygen atoms in total. The standard InChI is InChI=1S/C18H25N3O2/c1-23-17-6-9-21(18(22)14-2-3-14)16-12-20(11-15(16)17)10-13-4-7-19-8-5-13/h4-5,7-8,14-17H,2-3,6,9-12H2,1H3/t15-,16+,17+/m0/s1. The summed E-state index contributed by atoms with van der Waals surface area (Å²) in [6.07, 6.45) is 7.12.